The van der Waals surface area contributed by atoms with Gasteiger partial charge in [0.15, 0.2) is 0 Å². The number of nitrogens with one attached hydrogen (secondary N) is 1. The number of nitrogens with zero attached hydrogens (tertiary/aromatic N) is 2. The smallest absolute Gasteiger partial charge is 0.318 e. The van der Waals surface area contributed by atoms with Crippen LogP contribution in [-0.4, -0.2) is 33.6 Å². The van der Waals surface area contributed by atoms with Crippen LogP contribution in [0.3, 0.4) is 0 Å². The standard InChI is InChI=1S/C29H32FN3O3/c1-2-36-26(34)19-29(16-6-3-7-17-29)31-28(35)33-20-22-9-4-5-10-24(22)32-18-8-11-25(32)27(33)21-12-14-23(30)15-13-21/h4-5,8-15,18,27H,2-3,6-7,16-17,19-20H2,1H3,(H,31,35)/t27-/m0/s1. The van der Waals surface area contributed by atoms with Crippen LogP contribution in [0.1, 0.15) is 68.3 Å². The third-order valence-corrected chi connectivity index (χ3v) is 7.38. The SMILES string of the molecule is CCOC(=O)CC1(NC(=O)N2Cc3ccccc3-n3cccc3[C@@H]2c2ccc(F)cc2)CCCCC1. The summed E-state index contributed by atoms with van der Waals surface area (Å²) in [6.07, 6.45) is 6.62. The first-order valence-corrected chi connectivity index (χ1v) is 12.7. The van der Waals surface area contributed by atoms with Crippen molar-refractivity contribution in [1.29, 1.82) is 0 Å². The lowest BCUT2D eigenvalue weighted by Crippen LogP contribution is -2.55. The lowest BCUT2D eigenvalue weighted by molar-refractivity contribution is -0.145. The van der Waals surface area contributed by atoms with E-state index in [0.717, 1.165) is 54.6 Å². The molecule has 1 fully saturated rings. The van der Waals surface area contributed by atoms with Crippen LogP contribution in [0.5, 0.6) is 0 Å². The second-order valence-electron chi connectivity index (χ2n) is 9.77. The van der Waals surface area contributed by atoms with Crippen LogP contribution in [0.25, 0.3) is 5.69 Å². The van der Waals surface area contributed by atoms with Gasteiger partial charge in [0.25, 0.3) is 0 Å². The highest BCUT2D eigenvalue weighted by Gasteiger charge is 2.40. The molecular weight excluding hydrogens is 457 g/mol. The van der Waals surface area contributed by atoms with Gasteiger partial charge in [0.2, 0.25) is 0 Å². The molecule has 188 valence electrons. The predicted octanol–water partition coefficient (Wildman–Crippen LogP) is 5.89. The number of rotatable bonds is 5. The average molecular weight is 490 g/mol. The molecule has 0 radical (unpaired) electrons. The molecule has 1 saturated carbocycles. The number of halogens is 1. The topological polar surface area (TPSA) is 63.6 Å². The molecule has 3 aromatic rings. The zero-order valence-electron chi connectivity index (χ0n) is 20.6. The molecule has 1 N–H and O–H groups in total. The van der Waals surface area contributed by atoms with Crippen LogP contribution in [-0.2, 0) is 16.1 Å². The van der Waals surface area contributed by atoms with E-state index in [1.54, 1.807) is 19.1 Å². The summed E-state index contributed by atoms with van der Waals surface area (Å²) in [5, 5.41) is 3.29. The highest BCUT2D eigenvalue weighted by Crippen LogP contribution is 2.38. The van der Waals surface area contributed by atoms with Gasteiger partial charge in [0.1, 0.15) is 5.82 Å². The zero-order chi connectivity index (χ0) is 25.1. The summed E-state index contributed by atoms with van der Waals surface area (Å²) >= 11 is 0. The number of carbonyl (C=O) groups is 2. The highest BCUT2D eigenvalue weighted by molar-refractivity contribution is 5.79. The Bertz CT molecular complexity index is 1230. The fourth-order valence-electron chi connectivity index (χ4n) is 5.70. The summed E-state index contributed by atoms with van der Waals surface area (Å²) in [6.45, 7) is 2.48. The van der Waals surface area contributed by atoms with E-state index >= 15 is 0 Å². The van der Waals surface area contributed by atoms with Crippen molar-refractivity contribution in [3.05, 3.63) is 89.5 Å². The number of urea groups is 1. The zero-order valence-corrected chi connectivity index (χ0v) is 20.6. The number of ether oxygens (including phenoxy) is 1. The van der Waals surface area contributed by atoms with Gasteiger partial charge in [-0.1, -0.05) is 49.6 Å². The van der Waals surface area contributed by atoms with Gasteiger partial charge < -0.3 is 19.5 Å². The predicted molar refractivity (Wildman–Crippen MR) is 135 cm³/mol. The summed E-state index contributed by atoms with van der Waals surface area (Å²) in [4.78, 5) is 28.5. The number of aromatic nitrogens is 1. The summed E-state index contributed by atoms with van der Waals surface area (Å²) < 4.78 is 21.2. The molecule has 2 aromatic carbocycles. The second-order valence-corrected chi connectivity index (χ2v) is 9.77. The minimum absolute atomic E-state index is 0.161. The van der Waals surface area contributed by atoms with Gasteiger partial charge in [0, 0.05) is 11.9 Å². The molecule has 0 saturated heterocycles. The van der Waals surface area contributed by atoms with Gasteiger partial charge in [0.05, 0.1) is 36.8 Å². The maximum atomic E-state index is 14.1. The number of hydrogen-bond acceptors (Lipinski definition) is 3. The third kappa shape index (κ3) is 4.74. The molecule has 2 amide bonds. The van der Waals surface area contributed by atoms with E-state index in [1.807, 2.05) is 47.5 Å². The van der Waals surface area contributed by atoms with Crippen molar-refractivity contribution < 1.29 is 18.7 Å². The van der Waals surface area contributed by atoms with E-state index in [9.17, 15) is 14.0 Å². The molecule has 0 bridgehead atoms. The van der Waals surface area contributed by atoms with Gasteiger partial charge in [-0.3, -0.25) is 4.79 Å². The maximum Gasteiger partial charge on any atom is 0.318 e. The van der Waals surface area contributed by atoms with Crippen LogP contribution in [0.2, 0.25) is 0 Å². The van der Waals surface area contributed by atoms with Gasteiger partial charge in [-0.05, 0) is 61.2 Å². The molecule has 36 heavy (non-hydrogen) atoms. The molecular formula is C29H32FN3O3. The second kappa shape index (κ2) is 10.2. The van der Waals surface area contributed by atoms with Crippen molar-refractivity contribution in [2.24, 2.45) is 0 Å². The van der Waals surface area contributed by atoms with Gasteiger partial charge >= 0.3 is 12.0 Å². The highest BCUT2D eigenvalue weighted by atomic mass is 19.1. The molecule has 5 rings (SSSR count). The largest absolute Gasteiger partial charge is 0.466 e. The maximum absolute atomic E-state index is 14.1. The number of carbonyl (C=O) groups excluding carboxylic acids is 2. The summed E-state index contributed by atoms with van der Waals surface area (Å²) in [6, 6.07) is 17.7. The van der Waals surface area contributed by atoms with Crippen molar-refractivity contribution >= 4 is 12.0 Å². The van der Waals surface area contributed by atoms with Crippen molar-refractivity contribution in [2.45, 2.75) is 63.6 Å². The van der Waals surface area contributed by atoms with E-state index in [0.29, 0.717) is 13.2 Å². The number of para-hydroxylation sites is 1. The first-order chi connectivity index (χ1) is 17.5. The van der Waals surface area contributed by atoms with Crippen LogP contribution in [0.4, 0.5) is 9.18 Å². The number of hydrogen-bond donors (Lipinski definition) is 1. The Morgan fingerprint density at radius 2 is 1.78 bits per heavy atom. The Morgan fingerprint density at radius 3 is 2.53 bits per heavy atom. The monoisotopic (exact) mass is 489 g/mol. The van der Waals surface area contributed by atoms with Crippen LogP contribution in [0.15, 0.2) is 66.9 Å². The van der Waals surface area contributed by atoms with E-state index in [1.165, 1.54) is 12.1 Å². The number of esters is 1. The first kappa shape index (κ1) is 24.1. The van der Waals surface area contributed by atoms with E-state index < -0.39 is 11.6 Å². The van der Waals surface area contributed by atoms with Crippen molar-refractivity contribution in [1.82, 2.24) is 14.8 Å². The lowest BCUT2D eigenvalue weighted by Gasteiger charge is -2.40. The Labute approximate surface area is 211 Å². The quantitative estimate of drug-likeness (QED) is 0.455. The number of benzene rings is 2. The molecule has 2 heterocycles. The molecule has 1 atom stereocenters. The Hall–Kier alpha value is -3.61. The molecule has 0 unspecified atom stereocenters. The first-order valence-electron chi connectivity index (χ1n) is 12.7. The molecule has 1 aliphatic carbocycles. The van der Waals surface area contributed by atoms with Gasteiger partial charge in [-0.25, -0.2) is 9.18 Å². The van der Waals surface area contributed by atoms with Crippen LogP contribution >= 0.6 is 0 Å². The van der Waals surface area contributed by atoms with E-state index in [-0.39, 0.29) is 24.2 Å². The minimum Gasteiger partial charge on any atom is -0.466 e. The van der Waals surface area contributed by atoms with Crippen LogP contribution in [0, 0.1) is 5.82 Å². The van der Waals surface area contributed by atoms with Gasteiger partial charge in [-0.2, -0.15) is 0 Å². The fourth-order valence-corrected chi connectivity index (χ4v) is 5.70. The minimum atomic E-state index is -0.636. The van der Waals surface area contributed by atoms with Crippen molar-refractivity contribution in [3.63, 3.8) is 0 Å². The number of amides is 2. The summed E-state index contributed by atoms with van der Waals surface area (Å²) in [7, 11) is 0. The normalized spacial score (nSPS) is 18.5. The van der Waals surface area contributed by atoms with E-state index in [2.05, 4.69) is 9.88 Å². The molecule has 1 aliphatic heterocycles. The number of fused-ring (bicyclic) bond motifs is 3. The Morgan fingerprint density at radius 1 is 1.03 bits per heavy atom. The fraction of sp³-hybridized carbons (Fsp3) is 0.379. The molecule has 2 aliphatic rings. The molecule has 7 heteroatoms. The van der Waals surface area contributed by atoms with Crippen LogP contribution < -0.4 is 5.32 Å². The van der Waals surface area contributed by atoms with Gasteiger partial charge in [-0.15, -0.1) is 0 Å². The summed E-state index contributed by atoms with van der Waals surface area (Å²) in [5.74, 6) is -0.609. The molecule has 6 nitrogen and oxygen atoms in total. The third-order valence-electron chi connectivity index (χ3n) is 7.38. The Kier molecular flexibility index (Phi) is 6.81. The Balaban J connectivity index is 1.55. The average Bonchev–Trinajstić information content (AvgIpc) is 3.29. The summed E-state index contributed by atoms with van der Waals surface area (Å²) in [5.41, 5.74) is 3.13. The van der Waals surface area contributed by atoms with Crippen molar-refractivity contribution in [2.75, 3.05) is 6.61 Å². The lowest BCUT2D eigenvalue weighted by atomic mass is 9.79. The molecule has 1 aromatic heterocycles. The molecule has 0 spiro atoms. The van der Waals surface area contributed by atoms with E-state index in [4.69, 9.17) is 4.74 Å². The van der Waals surface area contributed by atoms with Crippen molar-refractivity contribution in [3.8, 4) is 5.69 Å².